The Morgan fingerprint density at radius 1 is 1.11 bits per heavy atom. The van der Waals surface area contributed by atoms with Gasteiger partial charge in [-0.05, 0) is 36.5 Å². The summed E-state index contributed by atoms with van der Waals surface area (Å²) in [6.45, 7) is 3.77. The van der Waals surface area contributed by atoms with Crippen LogP contribution in [0.15, 0.2) is 54.6 Å². The standard InChI is InChI=1S/C21H26N2O3S/c1-17-9-8-14-22(15-17)21(24)19-12-6-7-13-20(19)23(27(2,25)26)16-18-10-4-3-5-11-18/h3-7,10-13,17H,8-9,14-16H2,1-2H3/t17-/m0/s1. The van der Waals surface area contributed by atoms with Gasteiger partial charge in [-0.3, -0.25) is 9.10 Å². The summed E-state index contributed by atoms with van der Waals surface area (Å²) in [6, 6.07) is 16.4. The van der Waals surface area contributed by atoms with E-state index in [1.54, 1.807) is 24.3 Å². The average molecular weight is 387 g/mol. The van der Waals surface area contributed by atoms with E-state index in [0.29, 0.717) is 23.7 Å². The van der Waals surface area contributed by atoms with Crippen molar-refractivity contribution in [1.82, 2.24) is 4.90 Å². The summed E-state index contributed by atoms with van der Waals surface area (Å²) in [5, 5.41) is 0. The molecule has 1 aliphatic heterocycles. The second-order valence-corrected chi connectivity index (χ2v) is 9.18. The maximum Gasteiger partial charge on any atom is 0.256 e. The predicted molar refractivity (Wildman–Crippen MR) is 108 cm³/mol. The van der Waals surface area contributed by atoms with Gasteiger partial charge < -0.3 is 4.90 Å². The van der Waals surface area contributed by atoms with Gasteiger partial charge in [0.2, 0.25) is 10.0 Å². The molecule has 1 fully saturated rings. The molecule has 0 spiro atoms. The van der Waals surface area contributed by atoms with Gasteiger partial charge in [0, 0.05) is 13.1 Å². The van der Waals surface area contributed by atoms with E-state index in [1.165, 1.54) is 10.6 Å². The molecule has 0 aliphatic carbocycles. The number of hydrogen-bond donors (Lipinski definition) is 0. The van der Waals surface area contributed by atoms with Crippen molar-refractivity contribution in [2.45, 2.75) is 26.3 Å². The molecule has 6 heteroatoms. The molecular weight excluding hydrogens is 360 g/mol. The zero-order chi connectivity index (χ0) is 19.4. The van der Waals surface area contributed by atoms with Crippen LogP contribution in [0, 0.1) is 5.92 Å². The molecule has 0 aromatic heterocycles. The normalized spacial score (nSPS) is 17.6. The van der Waals surface area contributed by atoms with Crippen molar-refractivity contribution in [2.75, 3.05) is 23.7 Å². The largest absolute Gasteiger partial charge is 0.338 e. The molecule has 5 nitrogen and oxygen atoms in total. The molecule has 0 radical (unpaired) electrons. The molecule has 1 amide bonds. The number of rotatable bonds is 5. The fourth-order valence-electron chi connectivity index (χ4n) is 3.55. The fourth-order valence-corrected chi connectivity index (χ4v) is 4.45. The average Bonchev–Trinajstić information content (AvgIpc) is 2.65. The predicted octanol–water partition coefficient (Wildman–Crippen LogP) is 3.52. The number of anilines is 1. The lowest BCUT2D eigenvalue weighted by Crippen LogP contribution is -2.40. The minimum absolute atomic E-state index is 0.0983. The number of carbonyl (C=O) groups is 1. The lowest BCUT2D eigenvalue weighted by atomic mass is 9.99. The Bertz CT molecular complexity index is 897. The molecule has 0 unspecified atom stereocenters. The van der Waals surface area contributed by atoms with Gasteiger partial charge in [-0.15, -0.1) is 0 Å². The first-order valence-corrected chi connectivity index (χ1v) is 11.1. The van der Waals surface area contributed by atoms with Gasteiger partial charge in [0.15, 0.2) is 0 Å². The molecule has 0 N–H and O–H groups in total. The highest BCUT2D eigenvalue weighted by molar-refractivity contribution is 7.92. The van der Waals surface area contributed by atoms with Crippen molar-refractivity contribution >= 4 is 21.6 Å². The van der Waals surface area contributed by atoms with Crippen LogP contribution in [0.5, 0.6) is 0 Å². The summed E-state index contributed by atoms with van der Waals surface area (Å²) in [6.07, 6.45) is 3.28. The molecule has 144 valence electrons. The van der Waals surface area contributed by atoms with Gasteiger partial charge in [0.05, 0.1) is 24.1 Å². The molecular formula is C21H26N2O3S. The van der Waals surface area contributed by atoms with E-state index in [0.717, 1.165) is 24.9 Å². The van der Waals surface area contributed by atoms with Crippen molar-refractivity contribution in [1.29, 1.82) is 0 Å². The zero-order valence-corrected chi connectivity index (χ0v) is 16.7. The maximum atomic E-state index is 13.2. The van der Waals surface area contributed by atoms with Crippen molar-refractivity contribution < 1.29 is 13.2 Å². The van der Waals surface area contributed by atoms with Gasteiger partial charge in [-0.25, -0.2) is 8.42 Å². The third-order valence-corrected chi connectivity index (χ3v) is 6.04. The van der Waals surface area contributed by atoms with Crippen LogP contribution in [-0.4, -0.2) is 38.6 Å². The van der Waals surface area contributed by atoms with E-state index in [4.69, 9.17) is 0 Å². The highest BCUT2D eigenvalue weighted by Gasteiger charge is 2.27. The summed E-state index contributed by atoms with van der Waals surface area (Å²) in [4.78, 5) is 15.0. The van der Waals surface area contributed by atoms with E-state index >= 15 is 0 Å². The molecule has 1 heterocycles. The molecule has 1 atom stereocenters. The highest BCUT2D eigenvalue weighted by atomic mass is 32.2. The molecule has 1 saturated heterocycles. The molecule has 2 aromatic rings. The molecule has 0 saturated carbocycles. The van der Waals surface area contributed by atoms with Crippen molar-refractivity contribution in [3.05, 3.63) is 65.7 Å². The Balaban J connectivity index is 1.97. The quantitative estimate of drug-likeness (QED) is 0.790. The number of sulfonamides is 1. The SMILES string of the molecule is C[C@H]1CCCN(C(=O)c2ccccc2N(Cc2ccccc2)S(C)(=O)=O)C1. The summed E-state index contributed by atoms with van der Waals surface area (Å²) in [5.41, 5.74) is 1.75. The second-order valence-electron chi connectivity index (χ2n) is 7.27. The first-order chi connectivity index (χ1) is 12.9. The number of benzene rings is 2. The van der Waals surface area contributed by atoms with Gasteiger partial charge in [-0.2, -0.15) is 0 Å². The third-order valence-electron chi connectivity index (χ3n) is 4.92. The highest BCUT2D eigenvalue weighted by Crippen LogP contribution is 2.28. The number of hydrogen-bond acceptors (Lipinski definition) is 3. The Morgan fingerprint density at radius 3 is 2.44 bits per heavy atom. The van der Waals surface area contributed by atoms with Crippen LogP contribution in [0.3, 0.4) is 0 Å². The fraction of sp³-hybridized carbons (Fsp3) is 0.381. The van der Waals surface area contributed by atoms with E-state index < -0.39 is 10.0 Å². The van der Waals surface area contributed by atoms with Crippen LogP contribution in [0.1, 0.15) is 35.7 Å². The van der Waals surface area contributed by atoms with Crippen LogP contribution in [0.2, 0.25) is 0 Å². The smallest absolute Gasteiger partial charge is 0.256 e. The van der Waals surface area contributed by atoms with Crippen LogP contribution in [0.4, 0.5) is 5.69 Å². The first-order valence-electron chi connectivity index (χ1n) is 9.26. The number of nitrogens with zero attached hydrogens (tertiary/aromatic N) is 2. The van der Waals surface area contributed by atoms with E-state index in [1.807, 2.05) is 35.2 Å². The van der Waals surface area contributed by atoms with Gasteiger partial charge >= 0.3 is 0 Å². The Hall–Kier alpha value is -2.34. The van der Waals surface area contributed by atoms with Crippen LogP contribution >= 0.6 is 0 Å². The number of para-hydroxylation sites is 1. The third kappa shape index (κ3) is 4.69. The second kappa shape index (κ2) is 8.13. The summed E-state index contributed by atoms with van der Waals surface area (Å²) >= 11 is 0. The molecule has 3 rings (SSSR count). The summed E-state index contributed by atoms with van der Waals surface area (Å²) in [7, 11) is -3.55. The van der Waals surface area contributed by atoms with Crippen LogP contribution in [-0.2, 0) is 16.6 Å². The zero-order valence-electron chi connectivity index (χ0n) is 15.8. The first kappa shape index (κ1) is 19.4. The lowest BCUT2D eigenvalue weighted by Gasteiger charge is -2.32. The van der Waals surface area contributed by atoms with E-state index in [2.05, 4.69) is 6.92 Å². The van der Waals surface area contributed by atoms with Crippen molar-refractivity contribution in [3.63, 3.8) is 0 Å². The summed E-state index contributed by atoms with van der Waals surface area (Å²) in [5.74, 6) is 0.365. The molecule has 2 aromatic carbocycles. The van der Waals surface area contributed by atoms with Gasteiger partial charge in [-0.1, -0.05) is 49.4 Å². The number of piperidine rings is 1. The van der Waals surface area contributed by atoms with Crippen LogP contribution < -0.4 is 4.31 Å². The monoisotopic (exact) mass is 386 g/mol. The topological polar surface area (TPSA) is 57.7 Å². The molecule has 1 aliphatic rings. The maximum absolute atomic E-state index is 13.2. The number of amides is 1. The number of likely N-dealkylation sites (tertiary alicyclic amines) is 1. The Labute approximate surface area is 161 Å². The van der Waals surface area contributed by atoms with Gasteiger partial charge in [0.25, 0.3) is 5.91 Å². The number of carbonyl (C=O) groups excluding carboxylic acids is 1. The minimum atomic E-state index is -3.55. The Morgan fingerprint density at radius 2 is 1.78 bits per heavy atom. The van der Waals surface area contributed by atoms with Crippen molar-refractivity contribution in [3.8, 4) is 0 Å². The van der Waals surface area contributed by atoms with Gasteiger partial charge in [0.1, 0.15) is 0 Å². The lowest BCUT2D eigenvalue weighted by molar-refractivity contribution is 0.0684. The van der Waals surface area contributed by atoms with E-state index in [-0.39, 0.29) is 12.5 Å². The van der Waals surface area contributed by atoms with Crippen molar-refractivity contribution in [2.24, 2.45) is 5.92 Å². The summed E-state index contributed by atoms with van der Waals surface area (Å²) < 4.78 is 26.4. The van der Waals surface area contributed by atoms with Crippen LogP contribution in [0.25, 0.3) is 0 Å². The Kier molecular flexibility index (Phi) is 5.85. The van der Waals surface area contributed by atoms with E-state index in [9.17, 15) is 13.2 Å². The molecule has 27 heavy (non-hydrogen) atoms. The molecule has 0 bridgehead atoms. The minimum Gasteiger partial charge on any atom is -0.338 e.